The lowest BCUT2D eigenvalue weighted by Gasteiger charge is -2.14. The highest BCUT2D eigenvalue weighted by atomic mass is 19.4. The molecule has 2 aromatic carbocycles. The zero-order valence-electron chi connectivity index (χ0n) is 13.6. The third kappa shape index (κ3) is 5.59. The molecule has 0 aromatic heterocycles. The molecule has 0 aliphatic rings. The second kappa shape index (κ2) is 8.48. The van der Waals surface area contributed by atoms with Gasteiger partial charge in [-0.2, -0.15) is 13.2 Å². The maximum absolute atomic E-state index is 12.9. The number of rotatable bonds is 5. The maximum Gasteiger partial charge on any atom is 0.418 e. The average molecular weight is 366 g/mol. The fourth-order valence-electron chi connectivity index (χ4n) is 2.27. The van der Waals surface area contributed by atoms with Crippen LogP contribution < -0.4 is 10.6 Å². The van der Waals surface area contributed by atoms with E-state index >= 15 is 0 Å². The summed E-state index contributed by atoms with van der Waals surface area (Å²) in [6.45, 7) is -0.206. The van der Waals surface area contributed by atoms with E-state index in [1.54, 1.807) is 24.3 Å². The van der Waals surface area contributed by atoms with E-state index in [9.17, 15) is 27.9 Å². The lowest BCUT2D eigenvalue weighted by atomic mass is 10.1. The van der Waals surface area contributed by atoms with Crippen molar-refractivity contribution in [1.29, 1.82) is 0 Å². The molecule has 1 unspecified atom stereocenters. The van der Waals surface area contributed by atoms with Gasteiger partial charge in [0.25, 0.3) is 0 Å². The topological polar surface area (TPSA) is 78.4 Å². The molecular formula is C18H17F3N2O3. The standard InChI is InChI=1S/C18H17F3N2O3/c19-18(20,21)14-8-4-5-9-15(14)23-17(26)16(25)22-11-13(24)10-12-6-2-1-3-7-12/h1-9,13,24H,10-11H2,(H,22,25)(H,23,26). The van der Waals surface area contributed by atoms with Crippen LogP contribution in [0.3, 0.4) is 0 Å². The number of hydrogen-bond acceptors (Lipinski definition) is 3. The van der Waals surface area contributed by atoms with Crippen LogP contribution in [0.2, 0.25) is 0 Å². The molecule has 3 N–H and O–H groups in total. The predicted molar refractivity (Wildman–Crippen MR) is 89.2 cm³/mol. The molecule has 26 heavy (non-hydrogen) atoms. The molecule has 1 atom stereocenters. The van der Waals surface area contributed by atoms with Crippen molar-refractivity contribution in [2.45, 2.75) is 18.7 Å². The minimum Gasteiger partial charge on any atom is -0.391 e. The molecule has 0 aliphatic heterocycles. The number of anilines is 1. The number of carbonyl (C=O) groups is 2. The largest absolute Gasteiger partial charge is 0.418 e. The van der Waals surface area contributed by atoms with Crippen molar-refractivity contribution in [3.8, 4) is 0 Å². The minimum atomic E-state index is -4.66. The van der Waals surface area contributed by atoms with Crippen LogP contribution in [0.15, 0.2) is 54.6 Å². The molecule has 138 valence electrons. The zero-order chi connectivity index (χ0) is 19.2. The van der Waals surface area contributed by atoms with Crippen LogP contribution in [-0.4, -0.2) is 29.6 Å². The van der Waals surface area contributed by atoms with Gasteiger partial charge >= 0.3 is 18.0 Å². The Morgan fingerprint density at radius 3 is 2.23 bits per heavy atom. The number of carbonyl (C=O) groups excluding carboxylic acids is 2. The molecule has 0 bridgehead atoms. The summed E-state index contributed by atoms with van der Waals surface area (Å²) in [6, 6.07) is 13.4. The van der Waals surface area contributed by atoms with E-state index < -0.39 is 35.3 Å². The summed E-state index contributed by atoms with van der Waals surface area (Å²) in [5.41, 5.74) is -0.715. The van der Waals surface area contributed by atoms with Crippen LogP contribution in [-0.2, 0) is 22.2 Å². The number of alkyl halides is 3. The molecule has 0 fully saturated rings. The van der Waals surface area contributed by atoms with Gasteiger partial charge < -0.3 is 15.7 Å². The summed E-state index contributed by atoms with van der Waals surface area (Å²) >= 11 is 0. The van der Waals surface area contributed by atoms with Gasteiger partial charge in [0, 0.05) is 13.0 Å². The number of halogens is 3. The highest BCUT2D eigenvalue weighted by Crippen LogP contribution is 2.34. The summed E-state index contributed by atoms with van der Waals surface area (Å²) in [7, 11) is 0. The summed E-state index contributed by atoms with van der Waals surface area (Å²) < 4.78 is 38.6. The molecule has 0 saturated carbocycles. The number of nitrogens with one attached hydrogen (secondary N) is 2. The Bertz CT molecular complexity index is 764. The number of hydrogen-bond donors (Lipinski definition) is 3. The van der Waals surface area contributed by atoms with Crippen LogP contribution in [0.5, 0.6) is 0 Å². The van der Waals surface area contributed by atoms with Crippen molar-refractivity contribution in [2.75, 3.05) is 11.9 Å². The van der Waals surface area contributed by atoms with Gasteiger partial charge in [-0.3, -0.25) is 9.59 Å². The molecule has 2 amide bonds. The third-order valence-electron chi connectivity index (χ3n) is 3.50. The smallest absolute Gasteiger partial charge is 0.391 e. The van der Waals surface area contributed by atoms with E-state index in [1.807, 2.05) is 11.4 Å². The zero-order valence-corrected chi connectivity index (χ0v) is 13.6. The molecule has 0 radical (unpaired) electrons. The number of para-hydroxylation sites is 1. The van der Waals surface area contributed by atoms with Gasteiger partial charge in [0.1, 0.15) is 0 Å². The molecule has 2 rings (SSSR count). The second-order valence-corrected chi connectivity index (χ2v) is 5.55. The van der Waals surface area contributed by atoms with Crippen LogP contribution in [0.1, 0.15) is 11.1 Å². The first-order valence-corrected chi connectivity index (χ1v) is 7.75. The van der Waals surface area contributed by atoms with Gasteiger partial charge in [-0.25, -0.2) is 0 Å². The highest BCUT2D eigenvalue weighted by molar-refractivity contribution is 6.39. The molecule has 0 saturated heterocycles. The molecule has 5 nitrogen and oxygen atoms in total. The minimum absolute atomic E-state index is 0.206. The second-order valence-electron chi connectivity index (χ2n) is 5.55. The SMILES string of the molecule is O=C(NCC(O)Cc1ccccc1)C(=O)Nc1ccccc1C(F)(F)F. The van der Waals surface area contributed by atoms with Gasteiger partial charge in [-0.15, -0.1) is 0 Å². The van der Waals surface area contributed by atoms with Crippen LogP contribution in [0.25, 0.3) is 0 Å². The lowest BCUT2D eigenvalue weighted by molar-refractivity contribution is -0.138. The number of benzene rings is 2. The summed E-state index contributed by atoms with van der Waals surface area (Å²) in [6.07, 6.45) is -5.33. The van der Waals surface area contributed by atoms with Crippen molar-refractivity contribution >= 4 is 17.5 Å². The quantitative estimate of drug-likeness (QED) is 0.711. The van der Waals surface area contributed by atoms with Gasteiger partial charge in [0.05, 0.1) is 17.4 Å². The maximum atomic E-state index is 12.9. The molecular weight excluding hydrogens is 349 g/mol. The van der Waals surface area contributed by atoms with Crippen molar-refractivity contribution in [2.24, 2.45) is 0 Å². The predicted octanol–water partition coefficient (Wildman–Crippen LogP) is 2.36. The summed E-state index contributed by atoms with van der Waals surface area (Å²) in [4.78, 5) is 23.5. The Hall–Kier alpha value is -2.87. The van der Waals surface area contributed by atoms with Crippen molar-refractivity contribution in [3.05, 3.63) is 65.7 Å². The van der Waals surface area contributed by atoms with Crippen LogP contribution in [0, 0.1) is 0 Å². The molecule has 0 spiro atoms. The van der Waals surface area contributed by atoms with Crippen molar-refractivity contribution in [3.63, 3.8) is 0 Å². The van der Waals surface area contributed by atoms with E-state index in [1.165, 1.54) is 12.1 Å². The first-order valence-electron chi connectivity index (χ1n) is 7.75. The van der Waals surface area contributed by atoms with E-state index in [2.05, 4.69) is 5.32 Å². The van der Waals surface area contributed by atoms with Gasteiger partial charge in [0.15, 0.2) is 0 Å². The van der Waals surface area contributed by atoms with Crippen LogP contribution in [0.4, 0.5) is 18.9 Å². The third-order valence-corrected chi connectivity index (χ3v) is 3.50. The average Bonchev–Trinajstić information content (AvgIpc) is 2.60. The molecule has 8 heteroatoms. The summed E-state index contributed by atoms with van der Waals surface area (Å²) in [5, 5.41) is 14.0. The van der Waals surface area contributed by atoms with Crippen molar-refractivity contribution in [1.82, 2.24) is 5.32 Å². The van der Waals surface area contributed by atoms with E-state index in [4.69, 9.17) is 0 Å². The molecule has 2 aromatic rings. The van der Waals surface area contributed by atoms with Gasteiger partial charge in [-0.05, 0) is 17.7 Å². The normalized spacial score (nSPS) is 12.3. The molecule has 0 heterocycles. The summed E-state index contributed by atoms with van der Waals surface area (Å²) in [5.74, 6) is -2.37. The van der Waals surface area contributed by atoms with E-state index in [-0.39, 0.29) is 13.0 Å². The van der Waals surface area contributed by atoms with Crippen molar-refractivity contribution < 1.29 is 27.9 Å². The number of aliphatic hydroxyl groups is 1. The fraction of sp³-hybridized carbons (Fsp3) is 0.222. The molecule has 0 aliphatic carbocycles. The van der Waals surface area contributed by atoms with Crippen LogP contribution >= 0.6 is 0 Å². The first-order chi connectivity index (χ1) is 12.3. The van der Waals surface area contributed by atoms with E-state index in [0.29, 0.717) is 0 Å². The Morgan fingerprint density at radius 1 is 0.962 bits per heavy atom. The Balaban J connectivity index is 1.89. The fourth-order valence-corrected chi connectivity index (χ4v) is 2.27. The van der Waals surface area contributed by atoms with E-state index in [0.717, 1.165) is 17.7 Å². The Labute approximate surface area is 147 Å². The number of aliphatic hydroxyl groups excluding tert-OH is 1. The monoisotopic (exact) mass is 366 g/mol. The lowest BCUT2D eigenvalue weighted by Crippen LogP contribution is -2.40. The highest BCUT2D eigenvalue weighted by Gasteiger charge is 2.34. The van der Waals surface area contributed by atoms with Gasteiger partial charge in [-0.1, -0.05) is 42.5 Å². The Morgan fingerprint density at radius 2 is 1.58 bits per heavy atom. The first kappa shape index (κ1) is 19.5. The van der Waals surface area contributed by atoms with Gasteiger partial charge in [0.2, 0.25) is 0 Å². The number of amides is 2. The Kier molecular flexibility index (Phi) is 6.35.